The van der Waals surface area contributed by atoms with Crippen LogP contribution in [0.15, 0.2) is 24.5 Å². The number of hydrogen-bond donors (Lipinski definition) is 1. The van der Waals surface area contributed by atoms with Gasteiger partial charge in [-0.25, -0.2) is 4.79 Å². The molecule has 1 amide bonds. The average Bonchev–Trinajstić information content (AvgIpc) is 3.35. The summed E-state index contributed by atoms with van der Waals surface area (Å²) in [5.41, 5.74) is 0.637. The van der Waals surface area contributed by atoms with Crippen LogP contribution in [0.25, 0.3) is 0 Å². The van der Waals surface area contributed by atoms with Crippen LogP contribution >= 0.6 is 0 Å². The van der Waals surface area contributed by atoms with Crippen molar-refractivity contribution in [1.82, 2.24) is 4.98 Å². The Morgan fingerprint density at radius 1 is 1.48 bits per heavy atom. The maximum absolute atomic E-state index is 11.6. The molecule has 0 radical (unpaired) electrons. The summed E-state index contributed by atoms with van der Waals surface area (Å²) in [6.07, 6.45) is 6.41. The lowest BCUT2D eigenvalue weighted by Crippen LogP contribution is -2.38. The van der Waals surface area contributed by atoms with Gasteiger partial charge in [0, 0.05) is 25.3 Å². The highest BCUT2D eigenvalue weighted by atomic mass is 16.8. The van der Waals surface area contributed by atoms with Crippen LogP contribution in [0.1, 0.15) is 32.6 Å². The van der Waals surface area contributed by atoms with Gasteiger partial charge in [0.15, 0.2) is 5.79 Å². The van der Waals surface area contributed by atoms with Gasteiger partial charge in [0.25, 0.3) is 0 Å². The quantitative estimate of drug-likeness (QED) is 0.815. The number of pyridine rings is 1. The van der Waals surface area contributed by atoms with Crippen LogP contribution in [0.2, 0.25) is 0 Å². The number of carboxylic acid groups (broad SMARTS) is 1. The summed E-state index contributed by atoms with van der Waals surface area (Å²) in [4.78, 5) is 17.0. The van der Waals surface area contributed by atoms with Crippen molar-refractivity contribution in [2.45, 2.75) is 38.4 Å². The van der Waals surface area contributed by atoms with E-state index in [1.54, 1.807) is 24.5 Å². The van der Waals surface area contributed by atoms with Crippen LogP contribution in [0.4, 0.5) is 10.5 Å². The Hall–Kier alpha value is -1.66. The number of nitrogens with zero attached hydrogens (tertiary/aromatic N) is 2. The monoisotopic (exact) mass is 320 g/mol. The number of carbonyl (C=O) groups is 1. The number of rotatable bonds is 6. The highest BCUT2D eigenvalue weighted by Gasteiger charge is 2.53. The zero-order chi connectivity index (χ0) is 16.3. The lowest BCUT2D eigenvalue weighted by Gasteiger charge is -2.34. The highest BCUT2D eigenvalue weighted by Crippen LogP contribution is 2.45. The number of hydrogen-bond acceptors (Lipinski definition) is 4. The molecule has 6 heteroatoms. The van der Waals surface area contributed by atoms with E-state index in [0.717, 1.165) is 25.7 Å². The van der Waals surface area contributed by atoms with Crippen molar-refractivity contribution >= 4 is 11.8 Å². The minimum absolute atomic E-state index is 0.338. The van der Waals surface area contributed by atoms with E-state index in [9.17, 15) is 9.90 Å². The summed E-state index contributed by atoms with van der Waals surface area (Å²) >= 11 is 0. The van der Waals surface area contributed by atoms with Crippen LogP contribution in [0.5, 0.6) is 0 Å². The molecule has 1 N–H and O–H groups in total. The van der Waals surface area contributed by atoms with E-state index in [1.165, 1.54) is 4.90 Å². The molecule has 1 aliphatic carbocycles. The predicted molar refractivity (Wildman–Crippen MR) is 85.4 cm³/mol. The second-order valence-electron chi connectivity index (χ2n) is 6.36. The molecule has 2 aliphatic rings. The first-order chi connectivity index (χ1) is 11.1. The molecule has 3 rings (SSSR count). The molecular weight excluding hydrogens is 296 g/mol. The molecule has 1 unspecified atom stereocenters. The Morgan fingerprint density at radius 2 is 2.22 bits per heavy atom. The Labute approximate surface area is 136 Å². The Bertz CT molecular complexity index is 525. The fourth-order valence-electron chi connectivity index (χ4n) is 3.60. The van der Waals surface area contributed by atoms with Gasteiger partial charge in [0.2, 0.25) is 0 Å². The van der Waals surface area contributed by atoms with Crippen molar-refractivity contribution in [3.63, 3.8) is 0 Å². The molecule has 0 bridgehead atoms. The Morgan fingerprint density at radius 3 is 2.74 bits per heavy atom. The molecule has 6 nitrogen and oxygen atoms in total. The summed E-state index contributed by atoms with van der Waals surface area (Å²) < 4.78 is 11.3. The number of anilines is 1. The van der Waals surface area contributed by atoms with Crippen LogP contribution in [0.3, 0.4) is 0 Å². The van der Waals surface area contributed by atoms with Gasteiger partial charge in [-0.2, -0.15) is 0 Å². The number of epoxide rings is 1. The number of aromatic nitrogens is 1. The zero-order valence-electron chi connectivity index (χ0n) is 13.5. The van der Waals surface area contributed by atoms with Crippen molar-refractivity contribution in [3.05, 3.63) is 24.5 Å². The lowest BCUT2D eigenvalue weighted by molar-refractivity contribution is -0.0895. The second-order valence-corrected chi connectivity index (χ2v) is 6.36. The summed E-state index contributed by atoms with van der Waals surface area (Å²) in [5.74, 6) is 0.477. The maximum Gasteiger partial charge on any atom is 0.411 e. The van der Waals surface area contributed by atoms with E-state index in [2.05, 4.69) is 4.98 Å². The van der Waals surface area contributed by atoms with E-state index in [1.807, 2.05) is 6.92 Å². The average molecular weight is 320 g/mol. The summed E-state index contributed by atoms with van der Waals surface area (Å²) in [6.45, 7) is 3.89. The van der Waals surface area contributed by atoms with Gasteiger partial charge in [-0.1, -0.05) is 0 Å². The maximum atomic E-state index is 11.6. The van der Waals surface area contributed by atoms with Crippen molar-refractivity contribution in [3.8, 4) is 0 Å². The molecule has 1 saturated carbocycles. The van der Waals surface area contributed by atoms with E-state index < -0.39 is 6.09 Å². The predicted octanol–water partition coefficient (Wildman–Crippen LogP) is 3.14. The topological polar surface area (TPSA) is 75.2 Å². The Balaban J connectivity index is 1.56. The molecule has 1 aliphatic heterocycles. The molecule has 126 valence electrons. The standard InChI is InChI=1S/C17H24N2O4/c1-2-22-17(12-23-17)14-7-5-13(6-8-14)11-19(16(20)21)15-4-3-9-18-10-15/h3-4,9-10,13-14H,2,5-8,11-12H2,1H3,(H,20,21). The molecule has 0 aromatic carbocycles. The third-order valence-corrected chi connectivity index (χ3v) is 4.92. The van der Waals surface area contributed by atoms with Gasteiger partial charge in [-0.15, -0.1) is 0 Å². The van der Waals surface area contributed by atoms with E-state index in [-0.39, 0.29) is 5.79 Å². The van der Waals surface area contributed by atoms with Gasteiger partial charge < -0.3 is 14.6 Å². The van der Waals surface area contributed by atoms with E-state index in [4.69, 9.17) is 9.47 Å². The SMILES string of the molecule is CCOC1(C2CCC(CN(C(=O)O)c3cccnc3)CC2)CO1. The number of ether oxygens (including phenoxy) is 2. The second kappa shape index (κ2) is 6.84. The summed E-state index contributed by atoms with van der Waals surface area (Å²) in [5, 5.41) is 9.48. The van der Waals surface area contributed by atoms with Gasteiger partial charge >= 0.3 is 6.09 Å². The van der Waals surface area contributed by atoms with Crippen LogP contribution in [0, 0.1) is 11.8 Å². The molecule has 1 saturated heterocycles. The minimum Gasteiger partial charge on any atom is -0.465 e. The first-order valence-electron chi connectivity index (χ1n) is 8.33. The third kappa shape index (κ3) is 3.64. The molecule has 23 heavy (non-hydrogen) atoms. The fourth-order valence-corrected chi connectivity index (χ4v) is 3.60. The smallest absolute Gasteiger partial charge is 0.411 e. The van der Waals surface area contributed by atoms with Crippen LogP contribution < -0.4 is 4.90 Å². The van der Waals surface area contributed by atoms with Gasteiger partial charge in [-0.3, -0.25) is 9.88 Å². The third-order valence-electron chi connectivity index (χ3n) is 4.92. The van der Waals surface area contributed by atoms with Gasteiger partial charge in [-0.05, 0) is 50.7 Å². The minimum atomic E-state index is -0.920. The summed E-state index contributed by atoms with van der Waals surface area (Å²) in [7, 11) is 0. The van der Waals surface area contributed by atoms with Crippen molar-refractivity contribution in [1.29, 1.82) is 0 Å². The van der Waals surface area contributed by atoms with E-state index >= 15 is 0 Å². The van der Waals surface area contributed by atoms with Crippen molar-refractivity contribution in [2.24, 2.45) is 11.8 Å². The molecule has 2 fully saturated rings. The first-order valence-corrected chi connectivity index (χ1v) is 8.33. The summed E-state index contributed by atoms with van der Waals surface area (Å²) in [6, 6.07) is 3.55. The van der Waals surface area contributed by atoms with Gasteiger partial charge in [0.1, 0.15) is 6.61 Å². The van der Waals surface area contributed by atoms with Crippen LogP contribution in [-0.2, 0) is 9.47 Å². The Kier molecular flexibility index (Phi) is 4.82. The van der Waals surface area contributed by atoms with Gasteiger partial charge in [0.05, 0.1) is 11.9 Å². The lowest BCUT2D eigenvalue weighted by atomic mass is 9.79. The van der Waals surface area contributed by atoms with Crippen LogP contribution in [-0.4, -0.2) is 41.7 Å². The molecular formula is C17H24N2O4. The van der Waals surface area contributed by atoms with Crippen molar-refractivity contribution in [2.75, 3.05) is 24.7 Å². The first kappa shape index (κ1) is 16.2. The highest BCUT2D eigenvalue weighted by molar-refractivity contribution is 5.85. The number of amides is 1. The molecule has 1 aromatic rings. The largest absolute Gasteiger partial charge is 0.465 e. The van der Waals surface area contributed by atoms with E-state index in [0.29, 0.717) is 37.3 Å². The van der Waals surface area contributed by atoms with Crippen molar-refractivity contribution < 1.29 is 19.4 Å². The molecule has 1 aromatic heterocycles. The zero-order valence-corrected chi connectivity index (χ0v) is 13.5. The normalized spacial score (nSPS) is 30.0. The molecule has 1 atom stereocenters. The molecule has 0 spiro atoms. The fraction of sp³-hybridized carbons (Fsp3) is 0.647. The molecule has 2 heterocycles.